The predicted octanol–water partition coefficient (Wildman–Crippen LogP) is 4.89. The van der Waals surface area contributed by atoms with Crippen molar-refractivity contribution in [2.45, 2.75) is 25.2 Å². The summed E-state index contributed by atoms with van der Waals surface area (Å²) in [5, 5.41) is 2.92. The molecular formula is C23H24N2O2S. The number of anilines is 1. The number of para-hydroxylation sites is 1. The average molecular weight is 393 g/mol. The lowest BCUT2D eigenvalue weighted by atomic mass is 9.91. The maximum Gasteiger partial charge on any atom is 0.262 e. The Balaban J connectivity index is 1.50. The normalized spacial score (nSPS) is 23.3. The molecule has 2 aliphatic rings. The number of thioether (sulfide) groups is 1. The molecule has 0 saturated carbocycles. The summed E-state index contributed by atoms with van der Waals surface area (Å²) < 4.78 is 0. The Kier molecular flexibility index (Phi) is 5.27. The van der Waals surface area contributed by atoms with Crippen LogP contribution >= 0.6 is 11.8 Å². The van der Waals surface area contributed by atoms with Gasteiger partial charge in [0.1, 0.15) is 0 Å². The number of amides is 2. The molecule has 0 spiro atoms. The molecule has 28 heavy (non-hydrogen) atoms. The Hall–Kier alpha value is -2.53. The quantitative estimate of drug-likeness (QED) is 0.740. The number of fused-ring (bicyclic) bond motifs is 1. The van der Waals surface area contributed by atoms with Crippen molar-refractivity contribution >= 4 is 35.3 Å². The monoisotopic (exact) mass is 392 g/mol. The second-order valence-electron chi connectivity index (χ2n) is 7.84. The Bertz CT molecular complexity index is 926. The van der Waals surface area contributed by atoms with Crippen molar-refractivity contribution in [2.24, 2.45) is 11.8 Å². The molecule has 2 aromatic rings. The minimum absolute atomic E-state index is 0.0938. The number of hydrogen-bond acceptors (Lipinski definition) is 3. The molecule has 0 aromatic heterocycles. The average Bonchev–Trinajstić information content (AvgIpc) is 2.68. The van der Waals surface area contributed by atoms with Crippen molar-refractivity contribution < 1.29 is 9.59 Å². The van der Waals surface area contributed by atoms with Crippen LogP contribution in [0.1, 0.15) is 36.2 Å². The highest BCUT2D eigenvalue weighted by molar-refractivity contribution is 8.04. The van der Waals surface area contributed by atoms with Crippen LogP contribution in [0.2, 0.25) is 0 Å². The van der Waals surface area contributed by atoms with Crippen molar-refractivity contribution in [1.29, 1.82) is 0 Å². The smallest absolute Gasteiger partial charge is 0.262 e. The first kappa shape index (κ1) is 18.8. The van der Waals surface area contributed by atoms with E-state index in [1.165, 1.54) is 18.2 Å². The number of nitrogens with one attached hydrogen (secondary N) is 1. The lowest BCUT2D eigenvalue weighted by Gasteiger charge is -2.35. The Morgan fingerprint density at radius 1 is 1.07 bits per heavy atom. The summed E-state index contributed by atoms with van der Waals surface area (Å²) in [6, 6.07) is 15.3. The SMILES string of the molecule is C[C@@H]1C[C@H](C)CN(C(=O)c2ccc(/C=C3/Sc4ccccc4NC3=O)cc2)C1. The molecule has 1 fully saturated rings. The largest absolute Gasteiger partial charge is 0.338 e. The highest BCUT2D eigenvalue weighted by Gasteiger charge is 2.26. The van der Waals surface area contributed by atoms with Crippen molar-refractivity contribution in [3.63, 3.8) is 0 Å². The van der Waals surface area contributed by atoms with Crippen LogP contribution in [0.15, 0.2) is 58.3 Å². The number of carbonyl (C=O) groups excluding carboxylic acids is 2. The first-order valence-corrected chi connectivity index (χ1v) is 10.5. The second-order valence-corrected chi connectivity index (χ2v) is 8.92. The van der Waals surface area contributed by atoms with E-state index >= 15 is 0 Å². The Morgan fingerprint density at radius 3 is 2.46 bits per heavy atom. The van der Waals surface area contributed by atoms with Gasteiger partial charge in [0.05, 0.1) is 10.6 Å². The summed E-state index contributed by atoms with van der Waals surface area (Å²) in [6.45, 7) is 6.06. The van der Waals surface area contributed by atoms with Gasteiger partial charge in [0.2, 0.25) is 0 Å². The van der Waals surface area contributed by atoms with E-state index < -0.39 is 0 Å². The fourth-order valence-electron chi connectivity index (χ4n) is 3.99. The summed E-state index contributed by atoms with van der Waals surface area (Å²) in [5.41, 5.74) is 2.46. The standard InChI is InChI=1S/C23H24N2O2S/c1-15-11-16(2)14-25(13-15)23(27)18-9-7-17(8-10-18)12-21-22(26)24-19-5-3-4-6-20(19)28-21/h3-10,12,15-16H,11,13-14H2,1-2H3,(H,24,26)/b21-12+/t15-,16+. The van der Waals surface area contributed by atoms with E-state index in [-0.39, 0.29) is 11.8 Å². The molecule has 144 valence electrons. The molecule has 4 rings (SSSR count). The van der Waals surface area contributed by atoms with Gasteiger partial charge < -0.3 is 10.2 Å². The zero-order chi connectivity index (χ0) is 19.7. The van der Waals surface area contributed by atoms with E-state index in [1.54, 1.807) is 0 Å². The third-order valence-corrected chi connectivity index (χ3v) is 6.29. The molecule has 2 amide bonds. The molecule has 0 bridgehead atoms. The zero-order valence-corrected chi connectivity index (χ0v) is 17.0. The van der Waals surface area contributed by atoms with Gasteiger partial charge in [-0.1, -0.05) is 49.9 Å². The Labute approximate surface area is 170 Å². The van der Waals surface area contributed by atoms with Crippen LogP contribution in [-0.4, -0.2) is 29.8 Å². The van der Waals surface area contributed by atoms with E-state index in [0.717, 1.165) is 29.2 Å². The summed E-state index contributed by atoms with van der Waals surface area (Å²) in [6.07, 6.45) is 3.05. The van der Waals surface area contributed by atoms with Crippen LogP contribution in [0.4, 0.5) is 5.69 Å². The molecule has 2 heterocycles. The summed E-state index contributed by atoms with van der Waals surface area (Å²) in [5.74, 6) is 1.08. The van der Waals surface area contributed by atoms with Crippen molar-refractivity contribution in [1.82, 2.24) is 4.90 Å². The molecule has 4 nitrogen and oxygen atoms in total. The van der Waals surface area contributed by atoms with Crippen LogP contribution in [0.3, 0.4) is 0 Å². The fourth-order valence-corrected chi connectivity index (χ4v) is 4.94. The van der Waals surface area contributed by atoms with Crippen LogP contribution in [-0.2, 0) is 4.79 Å². The summed E-state index contributed by atoms with van der Waals surface area (Å²) in [4.78, 5) is 28.8. The lowest BCUT2D eigenvalue weighted by molar-refractivity contribution is -0.112. The third kappa shape index (κ3) is 3.99. The van der Waals surface area contributed by atoms with Gasteiger partial charge in [-0.2, -0.15) is 0 Å². The van der Waals surface area contributed by atoms with E-state index in [1.807, 2.05) is 59.5 Å². The zero-order valence-electron chi connectivity index (χ0n) is 16.1. The number of nitrogens with zero attached hydrogens (tertiary/aromatic N) is 1. The molecule has 0 radical (unpaired) electrons. The molecule has 1 saturated heterocycles. The molecular weight excluding hydrogens is 368 g/mol. The molecule has 0 aliphatic carbocycles. The summed E-state index contributed by atoms with van der Waals surface area (Å²) >= 11 is 1.47. The highest BCUT2D eigenvalue weighted by atomic mass is 32.2. The minimum atomic E-state index is -0.0971. The van der Waals surface area contributed by atoms with E-state index in [4.69, 9.17) is 0 Å². The van der Waals surface area contributed by atoms with Gasteiger partial charge in [-0.3, -0.25) is 9.59 Å². The molecule has 2 aliphatic heterocycles. The maximum atomic E-state index is 12.8. The number of carbonyl (C=O) groups is 2. The number of likely N-dealkylation sites (tertiary alicyclic amines) is 1. The van der Waals surface area contributed by atoms with Crippen LogP contribution in [0.5, 0.6) is 0 Å². The Morgan fingerprint density at radius 2 is 1.75 bits per heavy atom. The van der Waals surface area contributed by atoms with Crippen LogP contribution in [0, 0.1) is 11.8 Å². The topological polar surface area (TPSA) is 49.4 Å². The highest BCUT2D eigenvalue weighted by Crippen LogP contribution is 2.38. The first-order chi connectivity index (χ1) is 13.5. The minimum Gasteiger partial charge on any atom is -0.338 e. The van der Waals surface area contributed by atoms with Gasteiger partial charge in [-0.15, -0.1) is 0 Å². The number of benzene rings is 2. The van der Waals surface area contributed by atoms with E-state index in [9.17, 15) is 9.59 Å². The predicted molar refractivity (Wildman–Crippen MR) is 114 cm³/mol. The molecule has 2 atom stereocenters. The molecule has 5 heteroatoms. The van der Waals surface area contributed by atoms with Crippen molar-refractivity contribution in [3.05, 3.63) is 64.6 Å². The number of hydrogen-bond donors (Lipinski definition) is 1. The van der Waals surface area contributed by atoms with Gasteiger partial charge in [0.25, 0.3) is 11.8 Å². The van der Waals surface area contributed by atoms with Gasteiger partial charge in [0, 0.05) is 23.5 Å². The van der Waals surface area contributed by atoms with Gasteiger partial charge in [-0.05, 0) is 54.2 Å². The number of rotatable bonds is 2. The second kappa shape index (κ2) is 7.84. The lowest BCUT2D eigenvalue weighted by Crippen LogP contribution is -2.42. The maximum absolute atomic E-state index is 12.8. The van der Waals surface area contributed by atoms with E-state index in [2.05, 4.69) is 19.2 Å². The fraction of sp³-hybridized carbons (Fsp3) is 0.304. The first-order valence-electron chi connectivity index (χ1n) is 9.69. The van der Waals surface area contributed by atoms with Gasteiger partial charge in [-0.25, -0.2) is 0 Å². The van der Waals surface area contributed by atoms with Crippen LogP contribution in [0.25, 0.3) is 6.08 Å². The van der Waals surface area contributed by atoms with E-state index in [0.29, 0.717) is 22.3 Å². The molecule has 0 unspecified atom stereocenters. The third-order valence-electron chi connectivity index (χ3n) is 5.19. The van der Waals surface area contributed by atoms with Gasteiger partial charge in [0.15, 0.2) is 0 Å². The summed E-state index contributed by atoms with van der Waals surface area (Å²) in [7, 11) is 0. The molecule has 2 aromatic carbocycles. The van der Waals surface area contributed by atoms with Gasteiger partial charge >= 0.3 is 0 Å². The number of piperidine rings is 1. The molecule has 1 N–H and O–H groups in total. The van der Waals surface area contributed by atoms with Crippen LogP contribution < -0.4 is 5.32 Å². The van der Waals surface area contributed by atoms with Crippen molar-refractivity contribution in [2.75, 3.05) is 18.4 Å². The van der Waals surface area contributed by atoms with Crippen molar-refractivity contribution in [3.8, 4) is 0 Å².